The number of amides is 2. The highest BCUT2D eigenvalue weighted by Crippen LogP contribution is 2.51. The Morgan fingerprint density at radius 3 is 2.25 bits per heavy atom. The quantitative estimate of drug-likeness (QED) is 0.643. The van der Waals surface area contributed by atoms with Crippen LogP contribution in [-0.2, 0) is 10.3 Å². The van der Waals surface area contributed by atoms with Crippen LogP contribution in [0.1, 0.15) is 63.9 Å². The van der Waals surface area contributed by atoms with Crippen molar-refractivity contribution in [3.8, 4) is 6.07 Å². The number of carbonyl (C=O) groups is 2. The van der Waals surface area contributed by atoms with E-state index in [0.29, 0.717) is 19.5 Å². The number of nitrogens with zero attached hydrogens (tertiary/aromatic N) is 4. The van der Waals surface area contributed by atoms with Gasteiger partial charge in [0.15, 0.2) is 5.78 Å². The zero-order valence-corrected chi connectivity index (χ0v) is 19.8. The van der Waals surface area contributed by atoms with Crippen LogP contribution < -0.4 is 0 Å². The molecule has 1 saturated heterocycles. The van der Waals surface area contributed by atoms with Crippen LogP contribution in [0.4, 0.5) is 4.79 Å². The van der Waals surface area contributed by atoms with Crippen molar-refractivity contribution in [2.24, 2.45) is 5.41 Å². The summed E-state index contributed by atoms with van der Waals surface area (Å²) in [6.07, 6.45) is 6.88. The van der Waals surface area contributed by atoms with Crippen LogP contribution in [-0.4, -0.2) is 65.8 Å². The summed E-state index contributed by atoms with van der Waals surface area (Å²) in [6.45, 7) is 3.13. The maximum Gasteiger partial charge on any atom is 0.321 e. The van der Waals surface area contributed by atoms with Crippen molar-refractivity contribution in [3.05, 3.63) is 35.9 Å². The number of ketones is 1. The number of hydrogen-bond acceptors (Lipinski definition) is 4. The van der Waals surface area contributed by atoms with E-state index in [-0.39, 0.29) is 29.4 Å². The second-order valence-corrected chi connectivity index (χ2v) is 10.4. The van der Waals surface area contributed by atoms with E-state index in [9.17, 15) is 14.9 Å². The van der Waals surface area contributed by atoms with Gasteiger partial charge in [-0.15, -0.1) is 0 Å². The fourth-order valence-corrected chi connectivity index (χ4v) is 6.08. The van der Waals surface area contributed by atoms with Crippen molar-refractivity contribution in [2.75, 3.05) is 33.7 Å². The minimum absolute atomic E-state index is 0.0506. The fraction of sp³-hybridized carbons (Fsp3) is 0.654. The van der Waals surface area contributed by atoms with Crippen LogP contribution in [0.25, 0.3) is 0 Å². The summed E-state index contributed by atoms with van der Waals surface area (Å²) >= 11 is 0. The Labute approximate surface area is 192 Å². The summed E-state index contributed by atoms with van der Waals surface area (Å²) in [5.41, 5.74) is 0.556. The molecule has 2 amide bonds. The molecule has 4 rings (SSSR count). The summed E-state index contributed by atoms with van der Waals surface area (Å²) in [5.74, 6) is 0.0942. The number of benzene rings is 1. The van der Waals surface area contributed by atoms with Crippen LogP contribution >= 0.6 is 0 Å². The van der Waals surface area contributed by atoms with Crippen molar-refractivity contribution in [2.45, 2.75) is 69.4 Å². The summed E-state index contributed by atoms with van der Waals surface area (Å²) in [5, 5.41) is 9.86. The number of urea groups is 1. The Balaban J connectivity index is 1.62. The van der Waals surface area contributed by atoms with E-state index in [1.54, 1.807) is 4.90 Å². The maximum absolute atomic E-state index is 13.5. The van der Waals surface area contributed by atoms with Gasteiger partial charge in [-0.1, -0.05) is 43.7 Å². The first-order valence-electron chi connectivity index (χ1n) is 12.0. The molecule has 2 saturated carbocycles. The minimum atomic E-state index is -0.414. The van der Waals surface area contributed by atoms with Gasteiger partial charge >= 0.3 is 6.03 Å². The molecule has 0 bridgehead atoms. The van der Waals surface area contributed by atoms with E-state index in [0.717, 1.165) is 44.9 Å². The molecule has 0 radical (unpaired) electrons. The molecule has 1 aromatic rings. The predicted molar refractivity (Wildman–Crippen MR) is 124 cm³/mol. The molecular formula is C26H36N4O2. The lowest BCUT2D eigenvalue weighted by Crippen LogP contribution is -2.57. The van der Waals surface area contributed by atoms with E-state index < -0.39 is 5.41 Å². The molecule has 1 aromatic carbocycles. The highest BCUT2D eigenvalue weighted by atomic mass is 16.2. The smallest absolute Gasteiger partial charge is 0.316 e. The average Bonchev–Trinajstić information content (AvgIpc) is 3.02. The minimum Gasteiger partial charge on any atom is -0.316 e. The van der Waals surface area contributed by atoms with Crippen molar-refractivity contribution >= 4 is 11.8 Å². The zero-order valence-electron chi connectivity index (χ0n) is 19.8. The second kappa shape index (κ2) is 8.51. The van der Waals surface area contributed by atoms with E-state index in [1.807, 2.05) is 11.8 Å². The van der Waals surface area contributed by atoms with Crippen molar-refractivity contribution in [1.29, 1.82) is 5.26 Å². The van der Waals surface area contributed by atoms with E-state index in [2.05, 4.69) is 55.4 Å². The molecule has 172 valence electrons. The molecule has 1 aliphatic heterocycles. The molecule has 1 heterocycles. The third kappa shape index (κ3) is 3.71. The Kier molecular flexibility index (Phi) is 6.06. The van der Waals surface area contributed by atoms with E-state index >= 15 is 0 Å². The zero-order chi connectivity index (χ0) is 23.0. The molecule has 32 heavy (non-hydrogen) atoms. The van der Waals surface area contributed by atoms with Gasteiger partial charge in [0, 0.05) is 25.0 Å². The predicted octanol–water partition coefficient (Wildman–Crippen LogP) is 4.17. The monoisotopic (exact) mass is 436 g/mol. The van der Waals surface area contributed by atoms with Crippen LogP contribution in [0.3, 0.4) is 0 Å². The van der Waals surface area contributed by atoms with E-state index in [1.165, 1.54) is 5.56 Å². The normalized spacial score (nSPS) is 29.3. The number of hydrogen-bond donors (Lipinski definition) is 0. The average molecular weight is 437 g/mol. The van der Waals surface area contributed by atoms with Gasteiger partial charge in [0.1, 0.15) is 0 Å². The fourth-order valence-electron chi connectivity index (χ4n) is 6.08. The molecular weight excluding hydrogens is 400 g/mol. The van der Waals surface area contributed by atoms with Gasteiger partial charge in [-0.3, -0.25) is 9.69 Å². The topological polar surface area (TPSA) is 67.7 Å². The second-order valence-electron chi connectivity index (χ2n) is 10.4. The van der Waals surface area contributed by atoms with Crippen LogP contribution in [0.5, 0.6) is 0 Å². The molecule has 0 aromatic heterocycles. The summed E-state index contributed by atoms with van der Waals surface area (Å²) < 4.78 is 0. The molecule has 1 spiro atoms. The lowest BCUT2D eigenvalue weighted by molar-refractivity contribution is -0.119. The first-order valence-corrected chi connectivity index (χ1v) is 12.0. The largest absolute Gasteiger partial charge is 0.321 e. The highest BCUT2D eigenvalue weighted by Gasteiger charge is 2.56. The lowest BCUT2D eigenvalue weighted by atomic mass is 9.66. The van der Waals surface area contributed by atoms with Crippen LogP contribution in [0.15, 0.2) is 30.3 Å². The SMILES string of the molecule is CCC(=O)CN1CC2(CCC(c3ccccc3)(N(C)C)CC2)N(CC2(C#N)CCC2)C1=O. The van der Waals surface area contributed by atoms with Gasteiger partial charge in [-0.05, 0) is 58.2 Å². The molecule has 0 N–H and O–H groups in total. The van der Waals surface area contributed by atoms with E-state index in [4.69, 9.17) is 0 Å². The summed E-state index contributed by atoms with van der Waals surface area (Å²) in [7, 11) is 4.29. The molecule has 3 aliphatic rings. The van der Waals surface area contributed by atoms with Gasteiger partial charge in [0.2, 0.25) is 0 Å². The van der Waals surface area contributed by atoms with Crippen LogP contribution in [0, 0.1) is 16.7 Å². The summed E-state index contributed by atoms with van der Waals surface area (Å²) in [6, 6.07) is 13.1. The Bertz CT molecular complexity index is 892. The van der Waals surface area contributed by atoms with Crippen molar-refractivity contribution in [3.63, 3.8) is 0 Å². The molecule has 2 aliphatic carbocycles. The molecule has 0 unspecified atom stereocenters. The molecule has 6 heteroatoms. The lowest BCUT2D eigenvalue weighted by Gasteiger charge is -2.52. The van der Waals surface area contributed by atoms with Crippen molar-refractivity contribution in [1.82, 2.24) is 14.7 Å². The summed E-state index contributed by atoms with van der Waals surface area (Å²) in [4.78, 5) is 31.8. The molecule has 3 fully saturated rings. The Morgan fingerprint density at radius 2 is 1.75 bits per heavy atom. The highest BCUT2D eigenvalue weighted by molar-refractivity contribution is 5.87. The standard InChI is InChI=1S/C26H36N4O2/c1-4-22(31)17-29-20-25(30(23(29)32)19-24(18-27)11-8-12-24)13-15-26(16-14-25,28(2)3)21-9-6-5-7-10-21/h5-7,9-10H,4,8,11-17,19-20H2,1-3H3. The van der Waals surface area contributed by atoms with Gasteiger partial charge in [-0.25, -0.2) is 4.79 Å². The number of Topliss-reactive ketones (excluding diaryl/α,β-unsaturated/α-hetero) is 1. The molecule has 0 atom stereocenters. The Hall–Kier alpha value is -2.39. The van der Waals surface area contributed by atoms with Gasteiger partial charge < -0.3 is 9.80 Å². The first-order chi connectivity index (χ1) is 15.3. The molecule has 6 nitrogen and oxygen atoms in total. The van der Waals surface area contributed by atoms with Gasteiger partial charge in [0.05, 0.1) is 23.6 Å². The van der Waals surface area contributed by atoms with Gasteiger partial charge in [0.25, 0.3) is 0 Å². The maximum atomic E-state index is 13.5. The third-order valence-electron chi connectivity index (χ3n) is 8.50. The third-order valence-corrected chi connectivity index (χ3v) is 8.50. The van der Waals surface area contributed by atoms with Gasteiger partial charge in [-0.2, -0.15) is 5.26 Å². The van der Waals surface area contributed by atoms with Crippen LogP contribution in [0.2, 0.25) is 0 Å². The number of rotatable bonds is 7. The Morgan fingerprint density at radius 1 is 1.09 bits per heavy atom. The number of carbonyl (C=O) groups excluding carboxylic acids is 2. The first kappa shape index (κ1) is 22.8. The number of nitriles is 1. The van der Waals surface area contributed by atoms with Crippen molar-refractivity contribution < 1.29 is 9.59 Å².